The molecule has 0 bridgehead atoms. The van der Waals surface area contributed by atoms with E-state index in [1.165, 1.54) is 6.07 Å². The number of carbonyl (C=O) groups is 1. The van der Waals surface area contributed by atoms with Crippen LogP contribution in [0.1, 0.15) is 32.3 Å². The highest BCUT2D eigenvalue weighted by Gasteiger charge is 2.18. The van der Waals surface area contributed by atoms with Crippen molar-refractivity contribution in [1.29, 1.82) is 0 Å². The van der Waals surface area contributed by atoms with E-state index in [1.54, 1.807) is 13.0 Å². The summed E-state index contributed by atoms with van der Waals surface area (Å²) in [5.74, 6) is -0.126. The average Bonchev–Trinajstić information content (AvgIpc) is 2.33. The van der Waals surface area contributed by atoms with Crippen molar-refractivity contribution in [2.45, 2.75) is 38.5 Å². The molecule has 1 rings (SSSR count). The van der Waals surface area contributed by atoms with Crippen LogP contribution in [-0.4, -0.2) is 14.3 Å². The van der Waals surface area contributed by atoms with Gasteiger partial charge in [-0.2, -0.15) is 0 Å². The number of benzene rings is 1. The molecule has 7 heteroatoms. The van der Waals surface area contributed by atoms with Crippen molar-refractivity contribution in [2.24, 2.45) is 11.1 Å². The highest BCUT2D eigenvalue weighted by atomic mass is 79.9. The van der Waals surface area contributed by atoms with E-state index < -0.39 is 10.0 Å². The van der Waals surface area contributed by atoms with E-state index >= 15 is 0 Å². The van der Waals surface area contributed by atoms with Crippen LogP contribution in [0.2, 0.25) is 0 Å². The maximum atomic E-state index is 12.0. The van der Waals surface area contributed by atoms with Gasteiger partial charge in [-0.05, 0) is 53.4 Å². The van der Waals surface area contributed by atoms with Gasteiger partial charge in [-0.15, -0.1) is 0 Å². The molecule has 0 aliphatic carbocycles. The van der Waals surface area contributed by atoms with Gasteiger partial charge < -0.3 is 5.32 Å². The molecular formula is C13H19BrN2O3S. The first-order valence-electron chi connectivity index (χ1n) is 6.34. The number of carbonyl (C=O) groups excluding carboxylic acids is 1. The van der Waals surface area contributed by atoms with Crippen LogP contribution >= 0.6 is 15.9 Å². The highest BCUT2D eigenvalue weighted by Crippen LogP contribution is 2.29. The van der Waals surface area contributed by atoms with Gasteiger partial charge >= 0.3 is 0 Å². The molecule has 1 amide bonds. The van der Waals surface area contributed by atoms with Gasteiger partial charge in [0.05, 0.1) is 10.6 Å². The molecule has 3 N–H and O–H groups in total. The Morgan fingerprint density at radius 1 is 1.35 bits per heavy atom. The third-order valence-corrected chi connectivity index (χ3v) is 4.89. The first-order chi connectivity index (χ1) is 9.20. The van der Waals surface area contributed by atoms with Gasteiger partial charge in [-0.1, -0.05) is 13.8 Å². The number of hydrogen-bond donors (Lipinski definition) is 2. The second-order valence-electron chi connectivity index (χ2n) is 4.65. The predicted molar refractivity (Wildman–Crippen MR) is 83.0 cm³/mol. The largest absolute Gasteiger partial charge is 0.325 e. The van der Waals surface area contributed by atoms with Gasteiger partial charge in [0.2, 0.25) is 15.9 Å². The summed E-state index contributed by atoms with van der Waals surface area (Å²) in [6.45, 7) is 5.55. The van der Waals surface area contributed by atoms with E-state index in [4.69, 9.17) is 5.14 Å². The molecule has 0 fully saturated rings. The molecule has 1 aromatic rings. The number of sulfonamides is 1. The molecule has 0 radical (unpaired) electrons. The van der Waals surface area contributed by atoms with Crippen LogP contribution in [0.4, 0.5) is 5.69 Å². The van der Waals surface area contributed by atoms with Crippen molar-refractivity contribution < 1.29 is 13.2 Å². The summed E-state index contributed by atoms with van der Waals surface area (Å²) < 4.78 is 23.3. The minimum absolute atomic E-state index is 0.0462. The zero-order valence-electron chi connectivity index (χ0n) is 11.7. The minimum atomic E-state index is -3.77. The van der Waals surface area contributed by atoms with Crippen molar-refractivity contribution in [3.63, 3.8) is 0 Å². The van der Waals surface area contributed by atoms with Crippen molar-refractivity contribution in [3.8, 4) is 0 Å². The Bertz CT molecular complexity index is 610. The lowest BCUT2D eigenvalue weighted by atomic mass is 10.0. The monoisotopic (exact) mass is 362 g/mol. The molecule has 0 spiro atoms. The van der Waals surface area contributed by atoms with Gasteiger partial charge in [0, 0.05) is 10.4 Å². The summed E-state index contributed by atoms with van der Waals surface area (Å²) in [6.07, 6.45) is 1.52. The van der Waals surface area contributed by atoms with Crippen LogP contribution < -0.4 is 10.5 Å². The van der Waals surface area contributed by atoms with Crippen molar-refractivity contribution >= 4 is 37.5 Å². The fourth-order valence-electron chi connectivity index (χ4n) is 1.96. The molecule has 0 atom stereocenters. The highest BCUT2D eigenvalue weighted by molar-refractivity contribution is 9.10. The molecule has 0 aromatic heterocycles. The van der Waals surface area contributed by atoms with E-state index in [0.717, 1.165) is 12.8 Å². The van der Waals surface area contributed by atoms with Crippen LogP contribution in [0.15, 0.2) is 21.5 Å². The van der Waals surface area contributed by atoms with Crippen LogP contribution in [-0.2, 0) is 14.8 Å². The molecule has 0 aliphatic heterocycles. The third kappa shape index (κ3) is 4.04. The lowest BCUT2D eigenvalue weighted by molar-refractivity contribution is -0.120. The van der Waals surface area contributed by atoms with Crippen molar-refractivity contribution in [3.05, 3.63) is 22.2 Å². The van der Waals surface area contributed by atoms with E-state index in [1.807, 2.05) is 13.8 Å². The number of anilines is 1. The van der Waals surface area contributed by atoms with Crippen LogP contribution in [0.3, 0.4) is 0 Å². The lowest BCUT2D eigenvalue weighted by Crippen LogP contribution is -2.22. The third-order valence-electron chi connectivity index (χ3n) is 3.19. The van der Waals surface area contributed by atoms with Crippen LogP contribution in [0, 0.1) is 12.8 Å². The fourth-order valence-corrected chi connectivity index (χ4v) is 3.34. The standard InChI is InChI=1S/C13H19BrN2O3S/c1-4-9(5-2)13(17)16-11-6-8(3)12(7-10(11)14)20(15,18)19/h6-7,9H,4-5H2,1-3H3,(H,16,17)(H2,15,18,19). The normalized spacial score (nSPS) is 11.7. The molecule has 20 heavy (non-hydrogen) atoms. The number of halogens is 1. The number of rotatable bonds is 5. The molecule has 0 saturated carbocycles. The zero-order valence-corrected chi connectivity index (χ0v) is 14.1. The molecule has 5 nitrogen and oxygen atoms in total. The summed E-state index contributed by atoms with van der Waals surface area (Å²) in [6, 6.07) is 3.01. The first kappa shape index (κ1) is 17.1. The Labute approximate surface area is 128 Å². The smallest absolute Gasteiger partial charge is 0.238 e. The Morgan fingerprint density at radius 2 is 1.90 bits per heavy atom. The Hall–Kier alpha value is -0.920. The quantitative estimate of drug-likeness (QED) is 0.843. The van der Waals surface area contributed by atoms with Crippen LogP contribution in [0.5, 0.6) is 0 Å². The predicted octanol–water partition coefficient (Wildman–Crippen LogP) is 2.78. The molecule has 0 heterocycles. The van der Waals surface area contributed by atoms with Gasteiger partial charge in [-0.25, -0.2) is 13.6 Å². The van der Waals surface area contributed by atoms with E-state index in [9.17, 15) is 13.2 Å². The summed E-state index contributed by atoms with van der Waals surface area (Å²) >= 11 is 3.26. The molecule has 1 aromatic carbocycles. The maximum Gasteiger partial charge on any atom is 0.238 e. The molecule has 112 valence electrons. The minimum Gasteiger partial charge on any atom is -0.325 e. The Balaban J connectivity index is 3.11. The topological polar surface area (TPSA) is 89.3 Å². The van der Waals surface area contributed by atoms with Gasteiger partial charge in [0.15, 0.2) is 0 Å². The summed E-state index contributed by atoms with van der Waals surface area (Å²) in [5, 5.41) is 7.94. The number of hydrogen-bond acceptors (Lipinski definition) is 3. The van der Waals surface area contributed by atoms with Crippen molar-refractivity contribution in [1.82, 2.24) is 0 Å². The van der Waals surface area contributed by atoms with E-state index in [0.29, 0.717) is 15.7 Å². The fraction of sp³-hybridized carbons (Fsp3) is 0.462. The van der Waals surface area contributed by atoms with Crippen LogP contribution in [0.25, 0.3) is 0 Å². The number of nitrogens with two attached hydrogens (primary N) is 1. The van der Waals surface area contributed by atoms with Gasteiger partial charge in [0.1, 0.15) is 0 Å². The number of amides is 1. The lowest BCUT2D eigenvalue weighted by Gasteiger charge is -2.15. The van der Waals surface area contributed by atoms with E-state index in [2.05, 4.69) is 21.2 Å². The summed E-state index contributed by atoms with van der Waals surface area (Å²) in [7, 11) is -3.77. The molecule has 0 unspecified atom stereocenters. The van der Waals surface area contributed by atoms with Crippen molar-refractivity contribution in [2.75, 3.05) is 5.32 Å². The SMILES string of the molecule is CCC(CC)C(=O)Nc1cc(C)c(S(N)(=O)=O)cc1Br. The van der Waals surface area contributed by atoms with E-state index in [-0.39, 0.29) is 16.7 Å². The first-order valence-corrected chi connectivity index (χ1v) is 8.68. The average molecular weight is 363 g/mol. The molecule has 0 aliphatic rings. The second-order valence-corrected chi connectivity index (χ2v) is 7.03. The second kappa shape index (κ2) is 6.69. The van der Waals surface area contributed by atoms with Gasteiger partial charge in [0.25, 0.3) is 0 Å². The van der Waals surface area contributed by atoms with Gasteiger partial charge in [-0.3, -0.25) is 4.79 Å². The Kier molecular flexibility index (Phi) is 5.73. The number of aryl methyl sites for hydroxylation is 1. The maximum absolute atomic E-state index is 12.0. The Morgan fingerprint density at radius 3 is 2.35 bits per heavy atom. The molecule has 0 saturated heterocycles. The number of primary sulfonamides is 1. The zero-order chi connectivity index (χ0) is 15.5. The number of nitrogens with one attached hydrogen (secondary N) is 1. The molecular weight excluding hydrogens is 344 g/mol. The summed E-state index contributed by atoms with van der Waals surface area (Å²) in [5.41, 5.74) is 1.04. The summed E-state index contributed by atoms with van der Waals surface area (Å²) in [4.78, 5) is 12.1.